The molecule has 10 rings (SSSR count). The number of carbonyl (C=O) groups excluding carboxylic acids is 1. The van der Waals surface area contributed by atoms with Crippen molar-refractivity contribution in [2.75, 3.05) is 41.4 Å². The third kappa shape index (κ3) is 3.14. The molecule has 2 aromatic rings. The van der Waals surface area contributed by atoms with E-state index in [1.54, 1.807) is 14.2 Å². The van der Waals surface area contributed by atoms with Crippen LogP contribution < -0.4 is 24.7 Å². The van der Waals surface area contributed by atoms with Gasteiger partial charge in [-0.3, -0.25) is 4.79 Å². The average molecular weight is 632 g/mol. The summed E-state index contributed by atoms with van der Waals surface area (Å²) in [6.07, 6.45) is 5.05. The number of likely N-dealkylation sites (N-methyl/N-ethyl adjacent to an activating group) is 2. The van der Waals surface area contributed by atoms with Gasteiger partial charge in [0.15, 0.2) is 34.9 Å². The van der Waals surface area contributed by atoms with Crippen LogP contribution in [-0.4, -0.2) is 109 Å². The number of likely N-dealkylation sites (tertiary alicyclic amines) is 2. The van der Waals surface area contributed by atoms with Gasteiger partial charge in [-0.1, -0.05) is 12.1 Å². The number of ether oxygens (including phenoxy) is 4. The van der Waals surface area contributed by atoms with Crippen molar-refractivity contribution in [1.82, 2.24) is 9.80 Å². The molecule has 4 bridgehead atoms. The van der Waals surface area contributed by atoms with E-state index in [-0.39, 0.29) is 35.4 Å². The van der Waals surface area contributed by atoms with Crippen molar-refractivity contribution in [3.63, 3.8) is 0 Å². The molecular formula is C36H45N3O7. The van der Waals surface area contributed by atoms with Crippen LogP contribution in [-0.2, 0) is 28.5 Å². The van der Waals surface area contributed by atoms with E-state index in [1.165, 1.54) is 16.7 Å². The van der Waals surface area contributed by atoms with Gasteiger partial charge in [-0.25, -0.2) is 0 Å². The monoisotopic (exact) mass is 631 g/mol. The molecule has 0 radical (unpaired) electrons. The van der Waals surface area contributed by atoms with Gasteiger partial charge in [-0.15, -0.1) is 0 Å². The Morgan fingerprint density at radius 3 is 1.96 bits per heavy atom. The number of aliphatic hydroxyl groups is 2. The number of nitrogens with zero attached hydrogens (tertiary/aromatic N) is 2. The van der Waals surface area contributed by atoms with E-state index >= 15 is 0 Å². The zero-order valence-electron chi connectivity index (χ0n) is 27.2. The second-order valence-corrected chi connectivity index (χ2v) is 15.2. The molecule has 4 heterocycles. The Bertz CT molecular complexity index is 1670. The Hall–Kier alpha value is -2.89. The number of rotatable bonds is 2. The lowest BCUT2D eigenvalue weighted by atomic mass is 9.48. The Morgan fingerprint density at radius 1 is 0.804 bits per heavy atom. The second-order valence-electron chi connectivity index (χ2n) is 15.2. The summed E-state index contributed by atoms with van der Waals surface area (Å²) >= 11 is 0. The Labute approximate surface area is 269 Å². The van der Waals surface area contributed by atoms with Gasteiger partial charge in [0.1, 0.15) is 6.10 Å². The van der Waals surface area contributed by atoms with Crippen LogP contribution in [0.1, 0.15) is 60.8 Å². The molecule has 4 aliphatic heterocycles. The lowest BCUT2D eigenvalue weighted by Crippen LogP contribution is -2.77. The van der Waals surface area contributed by atoms with Crippen molar-refractivity contribution in [3.05, 3.63) is 46.5 Å². The summed E-state index contributed by atoms with van der Waals surface area (Å²) in [6.45, 7) is 1.84. The smallest absolute Gasteiger partial charge is 0.174 e. The van der Waals surface area contributed by atoms with E-state index in [0.717, 1.165) is 68.7 Å². The van der Waals surface area contributed by atoms with Gasteiger partial charge in [0, 0.05) is 35.7 Å². The molecule has 0 aromatic heterocycles. The van der Waals surface area contributed by atoms with Crippen molar-refractivity contribution < 1.29 is 34.0 Å². The molecular weight excluding hydrogens is 586 g/mol. The third-order valence-electron chi connectivity index (χ3n) is 13.7. The van der Waals surface area contributed by atoms with Crippen molar-refractivity contribution in [3.8, 4) is 23.0 Å². The van der Waals surface area contributed by atoms with Crippen LogP contribution in [0.15, 0.2) is 24.3 Å². The maximum atomic E-state index is 12.7. The standard InChI is InChI=1S/C18H24N2O3.C18H21NO4/c1-20-8-7-17-14-10-3-4-12(22-2)15(14)23-16(17)11(19)5-6-18(17,21)13(20)9-10;1-19-8-7-17-14-10-3-4-12(22-2)15(14)23-16(17)11(20)5-6-18(17,21)13(19)9-10/h3-4,11,13,16,21H,5-9,19H2,1-2H3;3-4,13,16,21H,5-9H2,1-2H3/t11-,13?,16-,17-,18+;13?,16-,17-,18+/m00/s1. The quantitative estimate of drug-likeness (QED) is 0.452. The van der Waals surface area contributed by atoms with E-state index < -0.39 is 22.7 Å². The highest BCUT2D eigenvalue weighted by molar-refractivity contribution is 5.90. The van der Waals surface area contributed by atoms with Gasteiger partial charge < -0.3 is 44.7 Å². The predicted octanol–water partition coefficient (Wildman–Crippen LogP) is 1.85. The van der Waals surface area contributed by atoms with Crippen LogP contribution in [0.3, 0.4) is 0 Å². The van der Waals surface area contributed by atoms with Crippen LogP contribution in [0.4, 0.5) is 0 Å². The molecule has 8 aliphatic rings. The van der Waals surface area contributed by atoms with Crippen LogP contribution >= 0.6 is 0 Å². The summed E-state index contributed by atoms with van der Waals surface area (Å²) in [6, 6.07) is 8.29. The van der Waals surface area contributed by atoms with E-state index in [1.807, 2.05) is 12.1 Å². The van der Waals surface area contributed by atoms with Crippen molar-refractivity contribution in [2.24, 2.45) is 5.73 Å². The Balaban J connectivity index is 0.000000127. The number of piperidine rings is 2. The maximum Gasteiger partial charge on any atom is 0.174 e. The molecule has 2 saturated heterocycles. The van der Waals surface area contributed by atoms with Gasteiger partial charge >= 0.3 is 0 Å². The summed E-state index contributed by atoms with van der Waals surface area (Å²) < 4.78 is 23.6. The lowest BCUT2D eigenvalue weighted by Gasteiger charge is -2.63. The fraction of sp³-hybridized carbons (Fsp3) is 0.639. The molecule has 9 atom stereocenters. The molecule has 2 saturated carbocycles. The summed E-state index contributed by atoms with van der Waals surface area (Å²) in [5.74, 6) is 3.06. The van der Waals surface area contributed by atoms with Gasteiger partial charge in [-0.05, 0) is 95.4 Å². The molecule has 46 heavy (non-hydrogen) atoms. The van der Waals surface area contributed by atoms with E-state index in [0.29, 0.717) is 24.3 Å². The maximum absolute atomic E-state index is 12.7. The largest absolute Gasteiger partial charge is 0.493 e. The molecule has 2 unspecified atom stereocenters. The number of Topliss-reactive ketones (excluding diaryl/α,β-unsaturated/α-hetero) is 1. The van der Waals surface area contributed by atoms with E-state index in [4.69, 9.17) is 24.7 Å². The van der Waals surface area contributed by atoms with E-state index in [9.17, 15) is 15.0 Å². The number of hydrogen-bond acceptors (Lipinski definition) is 10. The average Bonchev–Trinajstić information content (AvgIpc) is 3.59. The molecule has 0 amide bonds. The number of carbonyl (C=O) groups is 1. The molecule has 4 aliphatic carbocycles. The molecule has 4 fully saturated rings. The topological polar surface area (TPSA) is 127 Å². The first-order valence-electron chi connectivity index (χ1n) is 16.9. The SMILES string of the molecule is COc1ccc2c3c1O[C@H]1C(=O)CC[C@@]4(O)C(C2)N(C)CC[C@]314.COc1ccc2c3c1O[C@H]1[C@@H](N)CC[C@@]4(O)C(C2)N(C)CC[C@]314. The van der Waals surface area contributed by atoms with Crippen LogP contribution in [0.25, 0.3) is 0 Å². The van der Waals surface area contributed by atoms with E-state index in [2.05, 4.69) is 36.0 Å². The zero-order valence-corrected chi connectivity index (χ0v) is 27.2. The van der Waals surface area contributed by atoms with Crippen molar-refractivity contribution in [1.29, 1.82) is 0 Å². The van der Waals surface area contributed by atoms with Gasteiger partial charge in [0.25, 0.3) is 0 Å². The zero-order chi connectivity index (χ0) is 32.0. The number of ketones is 1. The normalized spacial score (nSPS) is 42.2. The molecule has 4 N–H and O–H groups in total. The summed E-state index contributed by atoms with van der Waals surface area (Å²) in [5, 5.41) is 23.6. The first kappa shape index (κ1) is 29.3. The summed E-state index contributed by atoms with van der Waals surface area (Å²) in [4.78, 5) is 17.2. The highest BCUT2D eigenvalue weighted by atomic mass is 16.5. The number of benzene rings is 2. The molecule has 10 heteroatoms. The van der Waals surface area contributed by atoms with Crippen molar-refractivity contribution in [2.45, 2.75) is 104 Å². The molecule has 246 valence electrons. The minimum atomic E-state index is -0.900. The summed E-state index contributed by atoms with van der Waals surface area (Å²) in [5.41, 5.74) is 8.54. The molecule has 2 aromatic carbocycles. The Kier molecular flexibility index (Phi) is 5.97. The van der Waals surface area contributed by atoms with Gasteiger partial charge in [0.2, 0.25) is 0 Å². The molecule has 10 nitrogen and oxygen atoms in total. The van der Waals surface area contributed by atoms with Crippen LogP contribution in [0.5, 0.6) is 23.0 Å². The second kappa shape index (κ2) is 9.38. The summed E-state index contributed by atoms with van der Waals surface area (Å²) in [7, 11) is 7.50. The number of hydrogen-bond donors (Lipinski definition) is 3. The number of methoxy groups -OCH3 is 2. The first-order valence-corrected chi connectivity index (χ1v) is 16.9. The minimum Gasteiger partial charge on any atom is -0.493 e. The molecule has 2 spiro atoms. The Morgan fingerprint density at radius 2 is 1.35 bits per heavy atom. The minimum absolute atomic E-state index is 0.0395. The highest BCUT2D eigenvalue weighted by Crippen LogP contribution is 2.66. The van der Waals surface area contributed by atoms with Crippen molar-refractivity contribution >= 4 is 5.78 Å². The third-order valence-corrected chi connectivity index (χ3v) is 13.7. The fourth-order valence-electron chi connectivity index (χ4n) is 11.6. The van der Waals surface area contributed by atoms with Crippen LogP contribution in [0, 0.1) is 0 Å². The highest BCUT2D eigenvalue weighted by Gasteiger charge is 2.74. The van der Waals surface area contributed by atoms with Gasteiger partial charge in [-0.2, -0.15) is 0 Å². The van der Waals surface area contributed by atoms with Gasteiger partial charge in [0.05, 0.1) is 36.3 Å². The van der Waals surface area contributed by atoms with Crippen LogP contribution in [0.2, 0.25) is 0 Å². The first-order chi connectivity index (χ1) is 22.1. The number of nitrogens with two attached hydrogens (primary N) is 1. The predicted molar refractivity (Wildman–Crippen MR) is 169 cm³/mol. The fourth-order valence-corrected chi connectivity index (χ4v) is 11.6. The lowest BCUT2D eigenvalue weighted by molar-refractivity contribution is -0.185.